The fourth-order valence-corrected chi connectivity index (χ4v) is 2.61. The van der Waals surface area contributed by atoms with Gasteiger partial charge in [-0.15, -0.1) is 0 Å². The maximum Gasteiger partial charge on any atom is 0.306 e. The second kappa shape index (κ2) is 7.39. The van der Waals surface area contributed by atoms with E-state index in [4.69, 9.17) is 5.11 Å². The van der Waals surface area contributed by atoms with Crippen LogP contribution in [-0.2, 0) is 9.59 Å². The second-order valence-electron chi connectivity index (χ2n) is 5.34. The highest BCUT2D eigenvalue weighted by molar-refractivity contribution is 5.76. The zero-order valence-electron chi connectivity index (χ0n) is 11.4. The van der Waals surface area contributed by atoms with Crippen LogP contribution in [0.4, 0.5) is 0 Å². The van der Waals surface area contributed by atoms with Gasteiger partial charge in [-0.1, -0.05) is 26.7 Å². The minimum absolute atomic E-state index is 0.127. The number of carbonyl (C=O) groups is 2. The third kappa shape index (κ3) is 4.67. The monoisotopic (exact) mass is 255 g/mol. The van der Waals surface area contributed by atoms with E-state index in [-0.39, 0.29) is 17.9 Å². The largest absolute Gasteiger partial charge is 0.481 e. The molecule has 0 aromatic heterocycles. The van der Waals surface area contributed by atoms with Crippen LogP contribution < -0.4 is 5.32 Å². The molecule has 1 amide bonds. The van der Waals surface area contributed by atoms with E-state index < -0.39 is 5.97 Å². The van der Waals surface area contributed by atoms with Crippen molar-refractivity contribution in [2.75, 3.05) is 0 Å². The average Bonchev–Trinajstić information content (AvgIpc) is 2.36. The molecule has 0 spiro atoms. The van der Waals surface area contributed by atoms with Crippen LogP contribution in [0.5, 0.6) is 0 Å². The first kappa shape index (κ1) is 15.0. The average molecular weight is 255 g/mol. The minimum atomic E-state index is -0.697. The standard InChI is InChI=1S/C14H25NO3/c1-3-10(4-2)9-13(16)15-12-7-5-11(6-8-12)14(17)18/h10-12H,3-9H2,1-2H3,(H,15,16)(H,17,18). The van der Waals surface area contributed by atoms with Crippen molar-refractivity contribution in [3.8, 4) is 0 Å². The number of hydrogen-bond donors (Lipinski definition) is 2. The molecule has 1 rings (SSSR count). The summed E-state index contributed by atoms with van der Waals surface area (Å²) in [6.07, 6.45) is 5.64. The fraction of sp³-hybridized carbons (Fsp3) is 0.857. The van der Waals surface area contributed by atoms with E-state index in [1.54, 1.807) is 0 Å². The van der Waals surface area contributed by atoms with Crippen molar-refractivity contribution in [1.29, 1.82) is 0 Å². The van der Waals surface area contributed by atoms with Gasteiger partial charge in [0.2, 0.25) is 5.91 Å². The summed E-state index contributed by atoms with van der Waals surface area (Å²) in [7, 11) is 0. The second-order valence-corrected chi connectivity index (χ2v) is 5.34. The summed E-state index contributed by atoms with van der Waals surface area (Å²) >= 11 is 0. The molecular weight excluding hydrogens is 230 g/mol. The molecule has 1 aliphatic rings. The Morgan fingerprint density at radius 2 is 1.72 bits per heavy atom. The van der Waals surface area contributed by atoms with Crippen LogP contribution in [0, 0.1) is 11.8 Å². The Bertz CT molecular complexity index is 279. The zero-order chi connectivity index (χ0) is 13.5. The molecule has 0 unspecified atom stereocenters. The minimum Gasteiger partial charge on any atom is -0.481 e. The number of carboxylic acids is 1. The van der Waals surface area contributed by atoms with Gasteiger partial charge in [0.15, 0.2) is 0 Å². The first-order chi connectivity index (χ1) is 8.56. The molecule has 1 aliphatic carbocycles. The highest BCUT2D eigenvalue weighted by Crippen LogP contribution is 2.24. The molecule has 1 saturated carbocycles. The van der Waals surface area contributed by atoms with Gasteiger partial charge in [0.05, 0.1) is 5.92 Å². The van der Waals surface area contributed by atoms with E-state index in [1.165, 1.54) is 0 Å². The highest BCUT2D eigenvalue weighted by atomic mass is 16.4. The Kier molecular flexibility index (Phi) is 6.16. The van der Waals surface area contributed by atoms with Gasteiger partial charge in [0.25, 0.3) is 0 Å². The summed E-state index contributed by atoms with van der Waals surface area (Å²) in [4.78, 5) is 22.6. The van der Waals surface area contributed by atoms with Gasteiger partial charge in [-0.05, 0) is 31.6 Å². The summed E-state index contributed by atoms with van der Waals surface area (Å²) < 4.78 is 0. The lowest BCUT2D eigenvalue weighted by Crippen LogP contribution is -2.39. The lowest BCUT2D eigenvalue weighted by atomic mass is 9.86. The van der Waals surface area contributed by atoms with Crippen LogP contribution in [0.25, 0.3) is 0 Å². The molecule has 0 aromatic carbocycles. The van der Waals surface area contributed by atoms with Gasteiger partial charge in [-0.2, -0.15) is 0 Å². The Morgan fingerprint density at radius 1 is 1.17 bits per heavy atom. The number of rotatable bonds is 6. The quantitative estimate of drug-likeness (QED) is 0.766. The van der Waals surface area contributed by atoms with Gasteiger partial charge in [-0.25, -0.2) is 0 Å². The number of carboxylic acid groups (broad SMARTS) is 1. The van der Waals surface area contributed by atoms with Crippen molar-refractivity contribution in [2.45, 2.75) is 64.8 Å². The van der Waals surface area contributed by atoms with E-state index in [2.05, 4.69) is 19.2 Å². The first-order valence-corrected chi connectivity index (χ1v) is 7.08. The predicted octanol–water partition coefficient (Wildman–Crippen LogP) is 2.57. The molecule has 0 aliphatic heterocycles. The van der Waals surface area contributed by atoms with E-state index in [0.717, 1.165) is 25.7 Å². The normalized spacial score (nSPS) is 23.9. The van der Waals surface area contributed by atoms with Crippen LogP contribution >= 0.6 is 0 Å². The van der Waals surface area contributed by atoms with Crippen molar-refractivity contribution in [3.05, 3.63) is 0 Å². The number of nitrogens with one attached hydrogen (secondary N) is 1. The van der Waals surface area contributed by atoms with Crippen molar-refractivity contribution >= 4 is 11.9 Å². The summed E-state index contributed by atoms with van der Waals surface area (Å²) in [6.45, 7) is 4.22. The Balaban J connectivity index is 2.28. The molecule has 0 aromatic rings. The van der Waals surface area contributed by atoms with Crippen LogP contribution in [0.1, 0.15) is 58.8 Å². The molecule has 0 heterocycles. The van der Waals surface area contributed by atoms with Gasteiger partial charge in [-0.3, -0.25) is 9.59 Å². The van der Waals surface area contributed by atoms with Crippen LogP contribution in [0.15, 0.2) is 0 Å². The summed E-state index contributed by atoms with van der Waals surface area (Å²) in [5, 5.41) is 11.9. The summed E-state index contributed by atoms with van der Waals surface area (Å²) in [5.74, 6) is -0.308. The number of hydrogen-bond acceptors (Lipinski definition) is 2. The Hall–Kier alpha value is -1.06. The molecule has 0 bridgehead atoms. The van der Waals surface area contributed by atoms with E-state index >= 15 is 0 Å². The van der Waals surface area contributed by atoms with Gasteiger partial charge in [0.1, 0.15) is 0 Å². The molecule has 0 atom stereocenters. The van der Waals surface area contributed by atoms with E-state index in [0.29, 0.717) is 25.2 Å². The molecule has 4 nitrogen and oxygen atoms in total. The Labute approximate surface area is 109 Å². The number of carbonyl (C=O) groups excluding carboxylic acids is 1. The van der Waals surface area contributed by atoms with Crippen LogP contribution in [-0.4, -0.2) is 23.0 Å². The smallest absolute Gasteiger partial charge is 0.306 e. The molecule has 0 saturated heterocycles. The van der Waals surface area contributed by atoms with Gasteiger partial charge >= 0.3 is 5.97 Å². The molecule has 1 fully saturated rings. The topological polar surface area (TPSA) is 66.4 Å². The summed E-state index contributed by atoms with van der Waals surface area (Å²) in [5.41, 5.74) is 0. The highest BCUT2D eigenvalue weighted by Gasteiger charge is 2.26. The summed E-state index contributed by atoms with van der Waals surface area (Å²) in [6, 6.07) is 0.183. The van der Waals surface area contributed by atoms with Crippen molar-refractivity contribution < 1.29 is 14.7 Å². The van der Waals surface area contributed by atoms with Crippen molar-refractivity contribution in [1.82, 2.24) is 5.32 Å². The molecule has 104 valence electrons. The predicted molar refractivity (Wildman–Crippen MR) is 70.2 cm³/mol. The molecule has 18 heavy (non-hydrogen) atoms. The third-order valence-electron chi connectivity index (χ3n) is 4.07. The zero-order valence-corrected chi connectivity index (χ0v) is 11.4. The maximum absolute atomic E-state index is 11.8. The Morgan fingerprint density at radius 3 is 2.17 bits per heavy atom. The molecular formula is C14H25NO3. The first-order valence-electron chi connectivity index (χ1n) is 7.08. The molecule has 2 N–H and O–H groups in total. The van der Waals surface area contributed by atoms with E-state index in [9.17, 15) is 9.59 Å². The van der Waals surface area contributed by atoms with Crippen molar-refractivity contribution in [2.24, 2.45) is 11.8 Å². The number of aliphatic carboxylic acids is 1. The van der Waals surface area contributed by atoms with Crippen LogP contribution in [0.2, 0.25) is 0 Å². The van der Waals surface area contributed by atoms with Crippen LogP contribution in [0.3, 0.4) is 0 Å². The third-order valence-corrected chi connectivity index (χ3v) is 4.07. The fourth-order valence-electron chi connectivity index (χ4n) is 2.61. The lowest BCUT2D eigenvalue weighted by molar-refractivity contribution is -0.142. The maximum atomic E-state index is 11.8. The molecule has 0 radical (unpaired) electrons. The lowest BCUT2D eigenvalue weighted by Gasteiger charge is -2.27. The van der Waals surface area contributed by atoms with Crippen molar-refractivity contribution in [3.63, 3.8) is 0 Å². The SMILES string of the molecule is CCC(CC)CC(=O)NC1CCC(C(=O)O)CC1. The van der Waals surface area contributed by atoms with Gasteiger partial charge < -0.3 is 10.4 Å². The van der Waals surface area contributed by atoms with E-state index in [1.807, 2.05) is 0 Å². The number of amides is 1. The van der Waals surface area contributed by atoms with Gasteiger partial charge in [0, 0.05) is 12.5 Å². The molecule has 4 heteroatoms.